The molecule has 0 unspecified atom stereocenters. The summed E-state index contributed by atoms with van der Waals surface area (Å²) in [5.74, 6) is 0.349. The molecule has 23 heavy (non-hydrogen) atoms. The van der Waals surface area contributed by atoms with Gasteiger partial charge in [0, 0.05) is 17.3 Å². The molecule has 0 saturated heterocycles. The molecule has 0 aliphatic heterocycles. The first-order valence-electron chi connectivity index (χ1n) is 7.18. The third-order valence-corrected chi connectivity index (χ3v) is 3.71. The fourth-order valence-electron chi connectivity index (χ4n) is 2.49. The van der Waals surface area contributed by atoms with E-state index < -0.39 is 0 Å². The Bertz CT molecular complexity index is 901. The predicted molar refractivity (Wildman–Crippen MR) is 88.2 cm³/mol. The average Bonchev–Trinajstić information content (AvgIpc) is 2.60. The van der Waals surface area contributed by atoms with Crippen LogP contribution in [-0.2, 0) is 0 Å². The number of fused-ring (bicyclic) bond motifs is 1. The van der Waals surface area contributed by atoms with Crippen molar-refractivity contribution in [2.24, 2.45) is 0 Å². The SMILES string of the molecule is COc1cc(C(=O)c2ccccn2)c2cc(C(C)=O)ccc2c1. The van der Waals surface area contributed by atoms with Crippen LogP contribution in [0.15, 0.2) is 54.7 Å². The quantitative estimate of drug-likeness (QED) is 0.690. The Morgan fingerprint density at radius 1 is 1.04 bits per heavy atom. The number of rotatable bonds is 4. The first-order chi connectivity index (χ1) is 11.1. The van der Waals surface area contributed by atoms with Crippen molar-refractivity contribution in [3.8, 4) is 5.75 Å². The Morgan fingerprint density at radius 2 is 1.87 bits per heavy atom. The zero-order valence-corrected chi connectivity index (χ0v) is 12.9. The second-order valence-electron chi connectivity index (χ2n) is 5.21. The molecule has 114 valence electrons. The number of carbonyl (C=O) groups is 2. The molecule has 0 N–H and O–H groups in total. The van der Waals surface area contributed by atoms with Gasteiger partial charge < -0.3 is 4.74 Å². The highest BCUT2D eigenvalue weighted by atomic mass is 16.5. The standard InChI is InChI=1S/C19H15NO3/c1-12(21)13-6-7-14-9-15(23-2)11-17(16(14)10-13)19(22)18-5-3-4-8-20-18/h3-11H,1-2H3. The summed E-state index contributed by atoms with van der Waals surface area (Å²) in [6.45, 7) is 1.50. The maximum atomic E-state index is 12.8. The molecule has 0 aliphatic rings. The molecule has 0 radical (unpaired) electrons. The lowest BCUT2D eigenvalue weighted by atomic mass is 9.96. The number of benzene rings is 2. The van der Waals surface area contributed by atoms with Gasteiger partial charge in [-0.1, -0.05) is 18.2 Å². The molecular formula is C19H15NO3. The molecule has 0 saturated carbocycles. The number of hydrogen-bond donors (Lipinski definition) is 0. The van der Waals surface area contributed by atoms with Gasteiger partial charge >= 0.3 is 0 Å². The van der Waals surface area contributed by atoms with Gasteiger partial charge in [-0.15, -0.1) is 0 Å². The van der Waals surface area contributed by atoms with Crippen LogP contribution < -0.4 is 4.74 Å². The van der Waals surface area contributed by atoms with E-state index in [1.165, 1.54) is 6.92 Å². The van der Waals surface area contributed by atoms with Crippen LogP contribution in [0.1, 0.15) is 33.3 Å². The number of hydrogen-bond acceptors (Lipinski definition) is 4. The van der Waals surface area contributed by atoms with E-state index in [1.807, 2.05) is 12.1 Å². The monoisotopic (exact) mass is 305 g/mol. The number of Topliss-reactive ketones (excluding diaryl/α,β-unsaturated/α-hetero) is 1. The van der Waals surface area contributed by atoms with E-state index >= 15 is 0 Å². The van der Waals surface area contributed by atoms with E-state index in [4.69, 9.17) is 4.74 Å². The van der Waals surface area contributed by atoms with Gasteiger partial charge in [0.25, 0.3) is 0 Å². The van der Waals surface area contributed by atoms with E-state index in [1.54, 1.807) is 49.7 Å². The first kappa shape index (κ1) is 14.9. The average molecular weight is 305 g/mol. The minimum Gasteiger partial charge on any atom is -0.497 e. The van der Waals surface area contributed by atoms with Crippen LogP contribution in [0.4, 0.5) is 0 Å². The van der Waals surface area contributed by atoms with E-state index in [2.05, 4.69) is 4.98 Å². The van der Waals surface area contributed by atoms with Gasteiger partial charge in [0.15, 0.2) is 5.78 Å². The smallest absolute Gasteiger partial charge is 0.212 e. The molecule has 4 heteroatoms. The zero-order valence-electron chi connectivity index (χ0n) is 12.9. The van der Waals surface area contributed by atoms with Crippen LogP contribution in [0, 0.1) is 0 Å². The summed E-state index contributed by atoms with van der Waals surface area (Å²) in [5, 5.41) is 1.56. The van der Waals surface area contributed by atoms with Gasteiger partial charge in [-0.2, -0.15) is 0 Å². The third kappa shape index (κ3) is 2.83. The van der Waals surface area contributed by atoms with Crippen molar-refractivity contribution in [3.63, 3.8) is 0 Å². The van der Waals surface area contributed by atoms with Crippen molar-refractivity contribution in [2.45, 2.75) is 6.92 Å². The van der Waals surface area contributed by atoms with Crippen molar-refractivity contribution < 1.29 is 14.3 Å². The highest BCUT2D eigenvalue weighted by Gasteiger charge is 2.16. The van der Waals surface area contributed by atoms with Gasteiger partial charge in [0.1, 0.15) is 11.4 Å². The number of methoxy groups -OCH3 is 1. The minimum absolute atomic E-state index is 0.0426. The number of carbonyl (C=O) groups excluding carboxylic acids is 2. The van der Waals surface area contributed by atoms with Crippen molar-refractivity contribution in [1.29, 1.82) is 0 Å². The molecule has 0 amide bonds. The molecule has 0 fully saturated rings. The number of ether oxygens (including phenoxy) is 1. The summed E-state index contributed by atoms with van der Waals surface area (Å²) < 4.78 is 5.29. The molecule has 0 bridgehead atoms. The van der Waals surface area contributed by atoms with Crippen molar-refractivity contribution in [2.75, 3.05) is 7.11 Å². The topological polar surface area (TPSA) is 56.3 Å². The lowest BCUT2D eigenvalue weighted by Gasteiger charge is -2.10. The first-order valence-corrected chi connectivity index (χ1v) is 7.18. The van der Waals surface area contributed by atoms with Crippen LogP contribution in [0.5, 0.6) is 5.75 Å². The molecule has 3 rings (SSSR count). The summed E-state index contributed by atoms with van der Waals surface area (Å²) in [5.41, 5.74) is 1.40. The Kier molecular flexibility index (Phi) is 3.89. The van der Waals surface area contributed by atoms with Gasteiger partial charge in [-0.25, -0.2) is 0 Å². The van der Waals surface area contributed by atoms with E-state index in [0.717, 1.165) is 5.39 Å². The van der Waals surface area contributed by atoms with Crippen LogP contribution >= 0.6 is 0 Å². The highest BCUT2D eigenvalue weighted by Crippen LogP contribution is 2.28. The fourth-order valence-corrected chi connectivity index (χ4v) is 2.49. The molecule has 0 spiro atoms. The van der Waals surface area contributed by atoms with Crippen molar-refractivity contribution in [3.05, 3.63) is 71.5 Å². The second kappa shape index (κ2) is 6.01. The van der Waals surface area contributed by atoms with Crippen molar-refractivity contribution in [1.82, 2.24) is 4.98 Å². The summed E-state index contributed by atoms with van der Waals surface area (Å²) in [4.78, 5) is 28.6. The normalized spacial score (nSPS) is 10.5. The fraction of sp³-hybridized carbons (Fsp3) is 0.105. The largest absolute Gasteiger partial charge is 0.497 e. The van der Waals surface area contributed by atoms with E-state index in [9.17, 15) is 9.59 Å². The second-order valence-corrected chi connectivity index (χ2v) is 5.21. The third-order valence-electron chi connectivity index (χ3n) is 3.71. The molecule has 1 heterocycles. The maximum Gasteiger partial charge on any atom is 0.212 e. The van der Waals surface area contributed by atoms with Gasteiger partial charge in [-0.3, -0.25) is 14.6 Å². The molecular weight excluding hydrogens is 290 g/mol. The number of ketones is 2. The van der Waals surface area contributed by atoms with Gasteiger partial charge in [0.2, 0.25) is 5.78 Å². The number of aromatic nitrogens is 1. The Morgan fingerprint density at radius 3 is 2.52 bits per heavy atom. The molecule has 1 aromatic heterocycles. The Labute approximate surface area is 133 Å². The van der Waals surface area contributed by atoms with Gasteiger partial charge in [0.05, 0.1) is 7.11 Å². The summed E-state index contributed by atoms with van der Waals surface area (Å²) in [6.07, 6.45) is 1.58. The van der Waals surface area contributed by atoms with Crippen LogP contribution in [-0.4, -0.2) is 23.7 Å². The zero-order chi connectivity index (χ0) is 16.4. The molecule has 3 aromatic rings. The molecule has 0 aliphatic carbocycles. The number of nitrogens with zero attached hydrogens (tertiary/aromatic N) is 1. The maximum absolute atomic E-state index is 12.8. The summed E-state index contributed by atoms with van der Waals surface area (Å²) in [7, 11) is 1.56. The Hall–Kier alpha value is -3.01. The van der Waals surface area contributed by atoms with E-state index in [0.29, 0.717) is 28.0 Å². The summed E-state index contributed by atoms with van der Waals surface area (Å²) in [6, 6.07) is 14.0. The number of pyridine rings is 1. The Balaban J connectivity index is 2.26. The van der Waals surface area contributed by atoms with Gasteiger partial charge in [-0.05, 0) is 48.0 Å². The van der Waals surface area contributed by atoms with Crippen molar-refractivity contribution >= 4 is 22.3 Å². The van der Waals surface area contributed by atoms with Crippen LogP contribution in [0.2, 0.25) is 0 Å². The van der Waals surface area contributed by atoms with Crippen LogP contribution in [0.25, 0.3) is 10.8 Å². The predicted octanol–water partition coefficient (Wildman–Crippen LogP) is 3.68. The minimum atomic E-state index is -0.199. The van der Waals surface area contributed by atoms with Crippen LogP contribution in [0.3, 0.4) is 0 Å². The highest BCUT2D eigenvalue weighted by molar-refractivity contribution is 6.16. The lowest BCUT2D eigenvalue weighted by molar-refractivity contribution is 0.101. The summed E-state index contributed by atoms with van der Waals surface area (Å²) >= 11 is 0. The molecule has 0 atom stereocenters. The van der Waals surface area contributed by atoms with E-state index in [-0.39, 0.29) is 11.6 Å². The lowest BCUT2D eigenvalue weighted by Crippen LogP contribution is -2.05. The molecule has 4 nitrogen and oxygen atoms in total. The molecule has 2 aromatic carbocycles.